The number of hydrogen-bond donors (Lipinski definition) is 0. The molecule has 0 bridgehead atoms. The molecular formula is C43H35N3. The van der Waals surface area contributed by atoms with E-state index in [1.165, 1.54) is 109 Å². The fourth-order valence-corrected chi connectivity index (χ4v) is 8.58. The van der Waals surface area contributed by atoms with Gasteiger partial charge in [-0.2, -0.15) is 0 Å². The van der Waals surface area contributed by atoms with E-state index in [9.17, 15) is 0 Å². The Morgan fingerprint density at radius 2 is 0.783 bits per heavy atom. The molecule has 46 heavy (non-hydrogen) atoms. The molecular weight excluding hydrogens is 558 g/mol. The Bertz CT molecular complexity index is 2330. The topological polar surface area (TPSA) is 14.8 Å². The van der Waals surface area contributed by atoms with Crippen LogP contribution in [-0.2, 0) is 6.54 Å². The van der Waals surface area contributed by atoms with Crippen molar-refractivity contribution in [3.05, 3.63) is 133 Å². The lowest BCUT2D eigenvalue weighted by molar-refractivity contribution is 0.325. The second-order valence-electron chi connectivity index (χ2n) is 13.3. The fourth-order valence-electron chi connectivity index (χ4n) is 8.58. The molecule has 3 heteroatoms. The van der Waals surface area contributed by atoms with E-state index in [-0.39, 0.29) is 0 Å². The minimum atomic E-state index is 0.738. The molecule has 0 aliphatic heterocycles. The Labute approximate surface area is 267 Å². The molecule has 0 radical (unpaired) electrons. The molecule has 222 valence electrons. The summed E-state index contributed by atoms with van der Waals surface area (Å²) in [6.07, 6.45) is 6.77. The van der Waals surface area contributed by atoms with Gasteiger partial charge in [-0.05, 0) is 79.4 Å². The van der Waals surface area contributed by atoms with Crippen molar-refractivity contribution >= 4 is 65.4 Å². The Balaban J connectivity index is 1.25. The summed E-state index contributed by atoms with van der Waals surface area (Å²) in [4.78, 5) is 0. The van der Waals surface area contributed by atoms with Crippen LogP contribution in [0.4, 0.5) is 0 Å². The van der Waals surface area contributed by atoms with Gasteiger partial charge < -0.3 is 13.7 Å². The highest BCUT2D eigenvalue weighted by atomic mass is 15.0. The van der Waals surface area contributed by atoms with Crippen LogP contribution in [-0.4, -0.2) is 13.7 Å². The lowest BCUT2D eigenvalue weighted by atomic mass is 9.89. The van der Waals surface area contributed by atoms with Gasteiger partial charge in [-0.1, -0.05) is 92.1 Å². The molecule has 1 aliphatic carbocycles. The lowest BCUT2D eigenvalue weighted by Crippen LogP contribution is -2.14. The summed E-state index contributed by atoms with van der Waals surface area (Å²) < 4.78 is 7.53. The highest BCUT2D eigenvalue weighted by Gasteiger charge is 2.20. The van der Waals surface area contributed by atoms with E-state index in [2.05, 4.69) is 147 Å². The zero-order valence-corrected chi connectivity index (χ0v) is 25.9. The first-order valence-corrected chi connectivity index (χ1v) is 16.9. The van der Waals surface area contributed by atoms with Crippen molar-refractivity contribution in [1.82, 2.24) is 13.7 Å². The minimum absolute atomic E-state index is 0.738. The summed E-state index contributed by atoms with van der Waals surface area (Å²) in [5, 5.41) is 7.84. The second-order valence-corrected chi connectivity index (χ2v) is 13.3. The summed E-state index contributed by atoms with van der Waals surface area (Å²) in [5.74, 6) is 0.738. The first kappa shape index (κ1) is 26.0. The molecule has 0 N–H and O–H groups in total. The van der Waals surface area contributed by atoms with Crippen LogP contribution in [0.1, 0.15) is 32.1 Å². The number of aromatic nitrogens is 3. The van der Waals surface area contributed by atoms with Gasteiger partial charge in [0.15, 0.2) is 0 Å². The molecule has 0 unspecified atom stereocenters. The van der Waals surface area contributed by atoms with Crippen molar-refractivity contribution < 1.29 is 0 Å². The van der Waals surface area contributed by atoms with Gasteiger partial charge in [-0.3, -0.25) is 0 Å². The molecule has 0 amide bonds. The SMILES string of the molecule is c1ccc2c(c1)c1ccccc1n2-c1ccc2c(c1)c1cc(-n3c4ccccc4c4ccccc43)ccc1n2CC1CCCCC1. The summed E-state index contributed by atoms with van der Waals surface area (Å²) >= 11 is 0. The monoisotopic (exact) mass is 593 g/mol. The average Bonchev–Trinajstić information content (AvgIpc) is 3.74. The van der Waals surface area contributed by atoms with Crippen molar-refractivity contribution in [3.8, 4) is 11.4 Å². The van der Waals surface area contributed by atoms with Crippen LogP contribution in [0, 0.1) is 5.92 Å². The Morgan fingerprint density at radius 3 is 1.20 bits per heavy atom. The van der Waals surface area contributed by atoms with Gasteiger partial charge in [0.2, 0.25) is 0 Å². The van der Waals surface area contributed by atoms with Crippen molar-refractivity contribution in [2.75, 3.05) is 0 Å². The predicted octanol–water partition coefficient (Wildman–Crippen LogP) is 11.6. The van der Waals surface area contributed by atoms with Crippen LogP contribution in [0.5, 0.6) is 0 Å². The summed E-state index contributed by atoms with van der Waals surface area (Å²) in [6.45, 7) is 1.09. The van der Waals surface area contributed by atoms with Gasteiger partial charge in [-0.15, -0.1) is 0 Å². The number of benzene rings is 6. The summed E-state index contributed by atoms with van der Waals surface area (Å²) in [7, 11) is 0. The van der Waals surface area contributed by atoms with Crippen molar-refractivity contribution in [2.45, 2.75) is 38.6 Å². The molecule has 1 aliphatic rings. The van der Waals surface area contributed by atoms with Gasteiger partial charge in [0, 0.05) is 61.3 Å². The zero-order valence-electron chi connectivity index (χ0n) is 25.9. The maximum absolute atomic E-state index is 2.63. The van der Waals surface area contributed by atoms with E-state index >= 15 is 0 Å². The van der Waals surface area contributed by atoms with Gasteiger partial charge in [-0.25, -0.2) is 0 Å². The average molecular weight is 594 g/mol. The third-order valence-electron chi connectivity index (χ3n) is 10.7. The van der Waals surface area contributed by atoms with Crippen molar-refractivity contribution in [3.63, 3.8) is 0 Å². The molecule has 0 saturated heterocycles. The van der Waals surface area contributed by atoms with Gasteiger partial charge >= 0.3 is 0 Å². The highest BCUT2D eigenvalue weighted by molar-refractivity contribution is 6.13. The van der Waals surface area contributed by atoms with Crippen LogP contribution in [0.15, 0.2) is 133 Å². The standard InChI is InChI=1S/C43H35N3/c1-2-12-29(13-3-1)28-44-38-24-22-30(45-40-18-8-4-14-32(40)33-15-5-9-19-41(33)45)26-36(38)37-27-31(23-25-39(37)44)46-42-20-10-6-16-34(42)35-17-7-11-21-43(35)46/h4-11,14-27,29H,1-3,12-13,28H2. The van der Waals surface area contributed by atoms with Crippen LogP contribution < -0.4 is 0 Å². The van der Waals surface area contributed by atoms with E-state index in [1.807, 2.05) is 0 Å². The number of para-hydroxylation sites is 4. The predicted molar refractivity (Wildman–Crippen MR) is 195 cm³/mol. The van der Waals surface area contributed by atoms with Gasteiger partial charge in [0.25, 0.3) is 0 Å². The molecule has 9 aromatic rings. The summed E-state index contributed by atoms with van der Waals surface area (Å²) in [6, 6.07) is 49.6. The number of fused-ring (bicyclic) bond motifs is 9. The van der Waals surface area contributed by atoms with E-state index in [0.717, 1.165) is 12.5 Å². The largest absolute Gasteiger partial charge is 0.340 e. The van der Waals surface area contributed by atoms with Gasteiger partial charge in [0.05, 0.1) is 22.1 Å². The van der Waals surface area contributed by atoms with Crippen molar-refractivity contribution in [1.29, 1.82) is 0 Å². The van der Waals surface area contributed by atoms with Crippen molar-refractivity contribution in [2.24, 2.45) is 5.92 Å². The van der Waals surface area contributed by atoms with E-state index in [1.54, 1.807) is 0 Å². The first-order valence-electron chi connectivity index (χ1n) is 16.9. The summed E-state index contributed by atoms with van der Waals surface area (Å²) in [5.41, 5.74) is 10.1. The van der Waals surface area contributed by atoms with Gasteiger partial charge in [0.1, 0.15) is 0 Å². The zero-order chi connectivity index (χ0) is 30.2. The smallest absolute Gasteiger partial charge is 0.0541 e. The molecule has 6 aromatic carbocycles. The maximum Gasteiger partial charge on any atom is 0.0541 e. The Kier molecular flexibility index (Phi) is 5.72. The first-order chi connectivity index (χ1) is 22.8. The molecule has 0 atom stereocenters. The molecule has 1 saturated carbocycles. The number of rotatable bonds is 4. The fraction of sp³-hybridized carbons (Fsp3) is 0.163. The minimum Gasteiger partial charge on any atom is -0.340 e. The molecule has 3 heterocycles. The molecule has 3 aromatic heterocycles. The van der Waals surface area contributed by atoms with E-state index < -0.39 is 0 Å². The molecule has 3 nitrogen and oxygen atoms in total. The normalized spacial score (nSPS) is 14.5. The molecule has 10 rings (SSSR count). The lowest BCUT2D eigenvalue weighted by Gasteiger charge is -2.23. The quantitative estimate of drug-likeness (QED) is 0.193. The third kappa shape index (κ3) is 3.78. The van der Waals surface area contributed by atoms with Crippen LogP contribution in [0.3, 0.4) is 0 Å². The Morgan fingerprint density at radius 1 is 0.391 bits per heavy atom. The maximum atomic E-state index is 2.63. The Hall–Kier alpha value is -5.28. The van der Waals surface area contributed by atoms with Crippen LogP contribution >= 0.6 is 0 Å². The molecule has 1 fully saturated rings. The van der Waals surface area contributed by atoms with E-state index in [0.29, 0.717) is 0 Å². The van der Waals surface area contributed by atoms with Crippen LogP contribution in [0.2, 0.25) is 0 Å². The highest BCUT2D eigenvalue weighted by Crippen LogP contribution is 2.39. The van der Waals surface area contributed by atoms with Crippen LogP contribution in [0.25, 0.3) is 76.8 Å². The molecule has 0 spiro atoms. The second kappa shape index (κ2) is 10.1. The number of hydrogen-bond acceptors (Lipinski definition) is 0. The third-order valence-corrected chi connectivity index (χ3v) is 10.7. The van der Waals surface area contributed by atoms with E-state index in [4.69, 9.17) is 0 Å². The number of nitrogens with zero attached hydrogens (tertiary/aromatic N) is 3.